The molecule has 0 radical (unpaired) electrons. The first-order chi connectivity index (χ1) is 14.4. The first kappa shape index (κ1) is 21.1. The third-order valence-corrected chi connectivity index (χ3v) is 5.96. The summed E-state index contributed by atoms with van der Waals surface area (Å²) >= 11 is 10.2. The van der Waals surface area contributed by atoms with E-state index < -0.39 is 5.60 Å². The van der Waals surface area contributed by atoms with Gasteiger partial charge in [0.2, 0.25) is 0 Å². The van der Waals surface area contributed by atoms with Gasteiger partial charge in [0.1, 0.15) is 10.9 Å². The van der Waals surface area contributed by atoms with Crippen molar-refractivity contribution in [1.82, 2.24) is 9.88 Å². The van der Waals surface area contributed by atoms with Crippen molar-refractivity contribution >= 4 is 38.4 Å². The maximum Gasteiger partial charge on any atom is 0.150 e. The standard InChI is InChI=1S/C24H22BrClN2O2/c1-28(2)11-10-24(29,21-9-6-12-30-21)20-15-18(25)13-17-14-19(23(26)27-22(17)20)16-7-4-3-5-8-16/h3-9,12-15,29H,10-11H2,1-2H3. The van der Waals surface area contributed by atoms with E-state index in [1.54, 1.807) is 18.4 Å². The minimum absolute atomic E-state index is 0.395. The Morgan fingerprint density at radius 2 is 1.87 bits per heavy atom. The Morgan fingerprint density at radius 3 is 2.53 bits per heavy atom. The van der Waals surface area contributed by atoms with E-state index in [1.165, 1.54) is 0 Å². The molecule has 0 bridgehead atoms. The maximum atomic E-state index is 11.9. The predicted molar refractivity (Wildman–Crippen MR) is 125 cm³/mol. The number of aliphatic hydroxyl groups is 1. The molecule has 0 aliphatic carbocycles. The van der Waals surface area contributed by atoms with Crippen molar-refractivity contribution in [2.75, 3.05) is 20.6 Å². The van der Waals surface area contributed by atoms with Gasteiger partial charge in [0.15, 0.2) is 5.60 Å². The van der Waals surface area contributed by atoms with Gasteiger partial charge in [-0.15, -0.1) is 0 Å². The van der Waals surface area contributed by atoms with Crippen LogP contribution in [0, 0.1) is 0 Å². The van der Waals surface area contributed by atoms with E-state index in [2.05, 4.69) is 15.9 Å². The topological polar surface area (TPSA) is 49.5 Å². The third kappa shape index (κ3) is 4.03. The van der Waals surface area contributed by atoms with Crippen LogP contribution in [0.5, 0.6) is 0 Å². The second-order valence-electron chi connectivity index (χ2n) is 7.61. The maximum absolute atomic E-state index is 11.9. The number of pyridine rings is 1. The summed E-state index contributed by atoms with van der Waals surface area (Å²) in [7, 11) is 3.95. The van der Waals surface area contributed by atoms with Gasteiger partial charge in [-0.3, -0.25) is 0 Å². The lowest BCUT2D eigenvalue weighted by Crippen LogP contribution is -2.32. The summed E-state index contributed by atoms with van der Waals surface area (Å²) in [5.41, 5.74) is 1.81. The van der Waals surface area contributed by atoms with Gasteiger partial charge in [-0.05, 0) is 50.0 Å². The lowest BCUT2D eigenvalue weighted by molar-refractivity contribution is 0.0420. The number of hydrogen-bond donors (Lipinski definition) is 1. The number of furan rings is 1. The van der Waals surface area contributed by atoms with Gasteiger partial charge in [0.25, 0.3) is 0 Å². The summed E-state index contributed by atoms with van der Waals surface area (Å²) in [4.78, 5) is 6.76. The summed E-state index contributed by atoms with van der Waals surface area (Å²) in [6, 6.07) is 19.4. The molecule has 154 valence electrons. The molecule has 0 aliphatic heterocycles. The molecule has 4 rings (SSSR count). The molecule has 6 heteroatoms. The number of halogens is 2. The summed E-state index contributed by atoms with van der Waals surface area (Å²) in [5, 5.41) is 13.1. The Hall–Kier alpha value is -2.18. The molecule has 4 aromatic rings. The van der Waals surface area contributed by atoms with E-state index >= 15 is 0 Å². The number of benzene rings is 2. The zero-order valence-electron chi connectivity index (χ0n) is 16.8. The average Bonchev–Trinajstić information content (AvgIpc) is 3.27. The van der Waals surface area contributed by atoms with E-state index in [9.17, 15) is 5.11 Å². The highest BCUT2D eigenvalue weighted by molar-refractivity contribution is 9.10. The molecule has 1 atom stereocenters. The second-order valence-corrected chi connectivity index (χ2v) is 8.88. The zero-order valence-corrected chi connectivity index (χ0v) is 19.1. The normalized spacial score (nSPS) is 13.7. The number of fused-ring (bicyclic) bond motifs is 1. The minimum atomic E-state index is -1.35. The van der Waals surface area contributed by atoms with Gasteiger partial charge in [-0.25, -0.2) is 4.98 Å². The molecular formula is C24H22BrClN2O2. The Bertz CT molecular complexity index is 1160. The highest BCUT2D eigenvalue weighted by Crippen LogP contribution is 2.40. The van der Waals surface area contributed by atoms with Gasteiger partial charge in [-0.1, -0.05) is 57.9 Å². The van der Waals surface area contributed by atoms with Gasteiger partial charge < -0.3 is 14.4 Å². The van der Waals surface area contributed by atoms with Crippen LogP contribution in [-0.4, -0.2) is 35.6 Å². The summed E-state index contributed by atoms with van der Waals surface area (Å²) < 4.78 is 6.50. The van der Waals surface area contributed by atoms with Crippen LogP contribution in [-0.2, 0) is 5.60 Å². The molecule has 0 fully saturated rings. The van der Waals surface area contributed by atoms with Crippen LogP contribution >= 0.6 is 27.5 Å². The van der Waals surface area contributed by atoms with Gasteiger partial charge in [0, 0.05) is 34.0 Å². The van der Waals surface area contributed by atoms with Crippen LogP contribution in [0.1, 0.15) is 17.7 Å². The van der Waals surface area contributed by atoms with Crippen LogP contribution < -0.4 is 0 Å². The van der Waals surface area contributed by atoms with Crippen molar-refractivity contribution in [3.63, 3.8) is 0 Å². The van der Waals surface area contributed by atoms with Crippen LogP contribution in [0.2, 0.25) is 5.15 Å². The summed E-state index contributed by atoms with van der Waals surface area (Å²) in [5.74, 6) is 0.480. The molecule has 1 N–H and O–H groups in total. The minimum Gasteiger partial charge on any atom is -0.466 e. The number of hydrogen-bond acceptors (Lipinski definition) is 4. The fraction of sp³-hybridized carbons (Fsp3) is 0.208. The fourth-order valence-corrected chi connectivity index (χ4v) is 4.38. The van der Waals surface area contributed by atoms with E-state index in [0.29, 0.717) is 35.0 Å². The third-order valence-electron chi connectivity index (χ3n) is 5.22. The molecule has 0 amide bonds. The van der Waals surface area contributed by atoms with Crippen molar-refractivity contribution in [3.8, 4) is 11.1 Å². The Labute approximate surface area is 189 Å². The van der Waals surface area contributed by atoms with Gasteiger partial charge in [0.05, 0.1) is 11.8 Å². The quantitative estimate of drug-likeness (QED) is 0.335. The van der Waals surface area contributed by atoms with Crippen molar-refractivity contribution < 1.29 is 9.52 Å². The lowest BCUT2D eigenvalue weighted by atomic mass is 9.86. The molecule has 1 unspecified atom stereocenters. The van der Waals surface area contributed by atoms with Crippen LogP contribution in [0.3, 0.4) is 0 Å². The molecule has 0 saturated heterocycles. The molecule has 0 saturated carbocycles. The highest BCUT2D eigenvalue weighted by atomic mass is 79.9. The summed E-state index contributed by atoms with van der Waals surface area (Å²) in [6.45, 7) is 0.668. The average molecular weight is 486 g/mol. The molecule has 0 aliphatic rings. The number of aromatic nitrogens is 1. The largest absolute Gasteiger partial charge is 0.466 e. The molecule has 2 aromatic carbocycles. The molecule has 30 heavy (non-hydrogen) atoms. The van der Waals surface area contributed by atoms with Gasteiger partial charge >= 0.3 is 0 Å². The first-order valence-corrected chi connectivity index (χ1v) is 10.8. The van der Waals surface area contributed by atoms with E-state index in [0.717, 1.165) is 21.0 Å². The number of rotatable bonds is 6. The molecule has 0 spiro atoms. The SMILES string of the molecule is CN(C)CCC(O)(c1ccco1)c1cc(Br)cc2cc(-c3ccccc3)c(Cl)nc12. The van der Waals surface area contributed by atoms with E-state index in [4.69, 9.17) is 21.0 Å². The van der Waals surface area contributed by atoms with E-state index in [-0.39, 0.29) is 0 Å². The number of nitrogens with zero attached hydrogens (tertiary/aromatic N) is 2. The predicted octanol–water partition coefficient (Wildman–Crippen LogP) is 6.10. The van der Waals surface area contributed by atoms with Crippen LogP contribution in [0.15, 0.2) is 75.8 Å². The smallest absolute Gasteiger partial charge is 0.150 e. The van der Waals surface area contributed by atoms with Crippen LogP contribution in [0.25, 0.3) is 22.0 Å². The Kier molecular flexibility index (Phi) is 5.98. The van der Waals surface area contributed by atoms with Crippen molar-refractivity contribution in [2.45, 2.75) is 12.0 Å². The monoisotopic (exact) mass is 484 g/mol. The molecule has 2 heterocycles. The van der Waals surface area contributed by atoms with Crippen molar-refractivity contribution in [1.29, 1.82) is 0 Å². The molecular weight excluding hydrogens is 464 g/mol. The first-order valence-electron chi connectivity index (χ1n) is 9.65. The van der Waals surface area contributed by atoms with Gasteiger partial charge in [-0.2, -0.15) is 0 Å². The second kappa shape index (κ2) is 8.52. The Morgan fingerprint density at radius 1 is 1.10 bits per heavy atom. The Balaban J connectivity index is 1.94. The van der Waals surface area contributed by atoms with E-state index in [1.807, 2.05) is 67.5 Å². The molecule has 4 nitrogen and oxygen atoms in total. The highest BCUT2D eigenvalue weighted by Gasteiger charge is 2.37. The summed E-state index contributed by atoms with van der Waals surface area (Å²) in [6.07, 6.45) is 2.02. The molecule has 2 aromatic heterocycles. The lowest BCUT2D eigenvalue weighted by Gasteiger charge is -2.29. The van der Waals surface area contributed by atoms with Crippen molar-refractivity contribution in [3.05, 3.63) is 87.9 Å². The van der Waals surface area contributed by atoms with Crippen molar-refractivity contribution in [2.24, 2.45) is 0 Å². The fourth-order valence-electron chi connectivity index (χ4n) is 3.65. The zero-order chi connectivity index (χ0) is 21.3. The van der Waals surface area contributed by atoms with Crippen LogP contribution in [0.4, 0.5) is 0 Å².